The van der Waals surface area contributed by atoms with Crippen LogP contribution in [0.5, 0.6) is 5.75 Å². The van der Waals surface area contributed by atoms with Gasteiger partial charge in [-0.25, -0.2) is 0 Å². The molecule has 0 amide bonds. The Morgan fingerprint density at radius 3 is 2.58 bits per heavy atom. The van der Waals surface area contributed by atoms with Gasteiger partial charge in [0.2, 0.25) is 0 Å². The maximum Gasteiger partial charge on any atom is 0.308 e. The molecule has 1 atom stereocenters. The summed E-state index contributed by atoms with van der Waals surface area (Å²) >= 11 is 0. The van der Waals surface area contributed by atoms with Crippen molar-refractivity contribution < 1.29 is 14.3 Å². The highest BCUT2D eigenvalue weighted by molar-refractivity contribution is 5.95. The molecule has 3 rings (SSSR count). The zero-order chi connectivity index (χ0) is 17.3. The fourth-order valence-electron chi connectivity index (χ4n) is 3.70. The predicted molar refractivity (Wildman–Crippen MR) is 94.5 cm³/mol. The van der Waals surface area contributed by atoms with Gasteiger partial charge in [0.15, 0.2) is 5.78 Å². The molecule has 0 spiro atoms. The van der Waals surface area contributed by atoms with Crippen LogP contribution >= 0.6 is 0 Å². The van der Waals surface area contributed by atoms with Crippen molar-refractivity contribution in [3.8, 4) is 5.75 Å². The topological polar surface area (TPSA) is 43.4 Å². The molecule has 3 nitrogen and oxygen atoms in total. The van der Waals surface area contributed by atoms with E-state index in [1.807, 2.05) is 13.0 Å². The Labute approximate surface area is 144 Å². The molecule has 0 heterocycles. The molecule has 1 saturated carbocycles. The number of hydrogen-bond donors (Lipinski definition) is 0. The summed E-state index contributed by atoms with van der Waals surface area (Å²) in [5, 5.41) is 0. The van der Waals surface area contributed by atoms with Gasteiger partial charge in [-0.2, -0.15) is 0 Å². The van der Waals surface area contributed by atoms with Crippen molar-refractivity contribution in [3.63, 3.8) is 0 Å². The smallest absolute Gasteiger partial charge is 0.308 e. The standard InChI is InChI=1S/C21H26O3/c1-4-5-15-11-18(16-6-7-16)21(20(12-15)24-14(3)22)17-8-9-19(23)13(2)10-17/h10-12,16-17H,4-9H2,1-3H3. The number of ketones is 1. The van der Waals surface area contributed by atoms with Crippen molar-refractivity contribution in [1.82, 2.24) is 0 Å². The van der Waals surface area contributed by atoms with E-state index in [1.165, 1.54) is 30.9 Å². The van der Waals surface area contributed by atoms with Crippen molar-refractivity contribution in [3.05, 3.63) is 40.5 Å². The van der Waals surface area contributed by atoms with Gasteiger partial charge in [0, 0.05) is 24.8 Å². The van der Waals surface area contributed by atoms with E-state index >= 15 is 0 Å². The third kappa shape index (κ3) is 3.61. The van der Waals surface area contributed by atoms with E-state index < -0.39 is 0 Å². The predicted octanol–water partition coefficient (Wildman–Crippen LogP) is 4.83. The molecule has 1 fully saturated rings. The normalized spacial score (nSPS) is 20.7. The van der Waals surface area contributed by atoms with Crippen molar-refractivity contribution in [2.75, 3.05) is 0 Å². The maximum atomic E-state index is 11.9. The molecule has 1 unspecified atom stereocenters. The minimum absolute atomic E-state index is 0.170. The van der Waals surface area contributed by atoms with E-state index in [9.17, 15) is 9.59 Å². The molecular formula is C21H26O3. The van der Waals surface area contributed by atoms with Crippen LogP contribution in [0.4, 0.5) is 0 Å². The number of rotatable bonds is 5. The Morgan fingerprint density at radius 2 is 2.00 bits per heavy atom. The Kier molecular flexibility index (Phi) is 4.88. The number of carbonyl (C=O) groups excluding carboxylic acids is 2. The summed E-state index contributed by atoms with van der Waals surface area (Å²) < 4.78 is 5.61. The largest absolute Gasteiger partial charge is 0.426 e. The van der Waals surface area contributed by atoms with Crippen LogP contribution < -0.4 is 4.74 Å². The molecule has 3 heteroatoms. The fraction of sp³-hybridized carbons (Fsp3) is 0.524. The quantitative estimate of drug-likeness (QED) is 0.575. The molecule has 0 bridgehead atoms. The van der Waals surface area contributed by atoms with Gasteiger partial charge in [0.05, 0.1) is 0 Å². The summed E-state index contributed by atoms with van der Waals surface area (Å²) in [7, 11) is 0. The van der Waals surface area contributed by atoms with Gasteiger partial charge in [-0.3, -0.25) is 9.59 Å². The van der Waals surface area contributed by atoms with Crippen LogP contribution in [-0.2, 0) is 16.0 Å². The molecule has 1 aromatic carbocycles. The Morgan fingerprint density at radius 1 is 1.25 bits per heavy atom. The summed E-state index contributed by atoms with van der Waals surface area (Å²) in [4.78, 5) is 23.5. The number of ether oxygens (including phenoxy) is 1. The van der Waals surface area contributed by atoms with Crippen molar-refractivity contribution in [2.45, 2.75) is 71.1 Å². The van der Waals surface area contributed by atoms with Crippen molar-refractivity contribution >= 4 is 11.8 Å². The van der Waals surface area contributed by atoms with Crippen LogP contribution in [-0.4, -0.2) is 11.8 Å². The number of aryl methyl sites for hydroxylation is 1. The van der Waals surface area contributed by atoms with Gasteiger partial charge in [-0.05, 0) is 61.3 Å². The molecule has 0 saturated heterocycles. The molecule has 2 aliphatic carbocycles. The van der Waals surface area contributed by atoms with Gasteiger partial charge in [-0.15, -0.1) is 0 Å². The van der Waals surface area contributed by atoms with Gasteiger partial charge in [0.1, 0.15) is 5.75 Å². The van der Waals surface area contributed by atoms with Crippen LogP contribution in [0.25, 0.3) is 0 Å². The van der Waals surface area contributed by atoms with E-state index in [1.54, 1.807) is 0 Å². The molecule has 0 aliphatic heterocycles. The number of allylic oxidation sites excluding steroid dienone is 2. The average molecular weight is 326 g/mol. The number of benzene rings is 1. The van der Waals surface area contributed by atoms with E-state index in [0.29, 0.717) is 18.1 Å². The second-order valence-corrected chi connectivity index (χ2v) is 7.13. The van der Waals surface area contributed by atoms with E-state index in [-0.39, 0.29) is 17.7 Å². The summed E-state index contributed by atoms with van der Waals surface area (Å²) in [6, 6.07) is 4.34. The zero-order valence-corrected chi connectivity index (χ0v) is 14.9. The highest BCUT2D eigenvalue weighted by atomic mass is 16.5. The van der Waals surface area contributed by atoms with Gasteiger partial charge in [0.25, 0.3) is 0 Å². The second kappa shape index (κ2) is 6.92. The van der Waals surface area contributed by atoms with Crippen LogP contribution in [0, 0.1) is 0 Å². The minimum atomic E-state index is -0.278. The Hall–Kier alpha value is -1.90. The first-order valence-electron chi connectivity index (χ1n) is 9.06. The molecule has 128 valence electrons. The zero-order valence-electron chi connectivity index (χ0n) is 14.9. The van der Waals surface area contributed by atoms with E-state index in [2.05, 4.69) is 19.1 Å². The monoisotopic (exact) mass is 326 g/mol. The molecular weight excluding hydrogens is 300 g/mol. The molecule has 1 aromatic rings. The number of carbonyl (C=O) groups is 2. The van der Waals surface area contributed by atoms with Crippen molar-refractivity contribution in [1.29, 1.82) is 0 Å². The highest BCUT2D eigenvalue weighted by Gasteiger charge is 2.32. The number of hydrogen-bond acceptors (Lipinski definition) is 3. The minimum Gasteiger partial charge on any atom is -0.426 e. The van der Waals surface area contributed by atoms with Crippen LogP contribution in [0.3, 0.4) is 0 Å². The summed E-state index contributed by atoms with van der Waals surface area (Å²) in [5.41, 5.74) is 4.55. The lowest BCUT2D eigenvalue weighted by atomic mass is 9.81. The molecule has 0 aromatic heterocycles. The van der Waals surface area contributed by atoms with E-state index in [0.717, 1.165) is 30.4 Å². The first kappa shape index (κ1) is 16.9. The average Bonchev–Trinajstić information content (AvgIpc) is 3.34. The van der Waals surface area contributed by atoms with E-state index in [4.69, 9.17) is 4.74 Å². The van der Waals surface area contributed by atoms with Crippen LogP contribution in [0.15, 0.2) is 23.8 Å². The molecule has 0 radical (unpaired) electrons. The molecule has 24 heavy (non-hydrogen) atoms. The summed E-state index contributed by atoms with van der Waals surface area (Å²) in [6.07, 6.45) is 7.92. The second-order valence-electron chi connectivity index (χ2n) is 7.13. The third-order valence-electron chi connectivity index (χ3n) is 4.99. The number of esters is 1. The first-order valence-corrected chi connectivity index (χ1v) is 9.06. The van der Waals surface area contributed by atoms with Gasteiger partial charge in [-0.1, -0.05) is 25.5 Å². The lowest BCUT2D eigenvalue weighted by Crippen LogP contribution is -2.15. The summed E-state index contributed by atoms with van der Waals surface area (Å²) in [6.45, 7) is 5.51. The fourth-order valence-corrected chi connectivity index (χ4v) is 3.70. The SMILES string of the molecule is CCCc1cc(OC(C)=O)c(C2C=C(C)C(=O)CC2)c(C2CC2)c1. The van der Waals surface area contributed by atoms with Gasteiger partial charge >= 0.3 is 5.97 Å². The summed E-state index contributed by atoms with van der Waals surface area (Å²) in [5.74, 6) is 1.41. The molecule has 2 aliphatic rings. The maximum absolute atomic E-state index is 11.9. The molecule has 0 N–H and O–H groups in total. The Balaban J connectivity index is 2.10. The van der Waals surface area contributed by atoms with Crippen LogP contribution in [0.2, 0.25) is 0 Å². The Bertz CT molecular complexity index is 695. The lowest BCUT2D eigenvalue weighted by Gasteiger charge is -2.25. The highest BCUT2D eigenvalue weighted by Crippen LogP contribution is 2.48. The first-order chi connectivity index (χ1) is 11.5. The van der Waals surface area contributed by atoms with Gasteiger partial charge < -0.3 is 4.74 Å². The lowest BCUT2D eigenvalue weighted by molar-refractivity contribution is -0.132. The van der Waals surface area contributed by atoms with Crippen LogP contribution in [0.1, 0.15) is 81.4 Å². The third-order valence-corrected chi connectivity index (χ3v) is 4.99. The van der Waals surface area contributed by atoms with Crippen molar-refractivity contribution in [2.24, 2.45) is 0 Å². The number of Topliss-reactive ketones (excluding diaryl/α,β-unsaturated/α-hetero) is 1.